The molecule has 2 rings (SSSR count). The van der Waals surface area contributed by atoms with Crippen molar-refractivity contribution in [2.45, 2.75) is 6.92 Å². The summed E-state index contributed by atoms with van der Waals surface area (Å²) in [5, 5.41) is 4.90. The van der Waals surface area contributed by atoms with Crippen molar-refractivity contribution in [2.75, 3.05) is 32.1 Å². The highest BCUT2D eigenvalue weighted by atomic mass is 16.5. The predicted octanol–water partition coefficient (Wildman–Crippen LogP) is 0.0351. The first-order chi connectivity index (χ1) is 13.3. The van der Waals surface area contributed by atoms with Crippen molar-refractivity contribution in [3.8, 4) is 5.75 Å². The van der Waals surface area contributed by atoms with Gasteiger partial charge in [-0.05, 0) is 24.6 Å². The lowest BCUT2D eigenvalue weighted by molar-refractivity contribution is -0.143. The van der Waals surface area contributed by atoms with Gasteiger partial charge in [0, 0.05) is 6.54 Å². The summed E-state index contributed by atoms with van der Waals surface area (Å²) in [6, 6.07) is 4.32. The van der Waals surface area contributed by atoms with E-state index in [0.717, 1.165) is 5.56 Å². The molecule has 1 aliphatic heterocycles. The van der Waals surface area contributed by atoms with Crippen LogP contribution in [0.25, 0.3) is 0 Å². The molecule has 6 amide bonds. The van der Waals surface area contributed by atoms with E-state index in [9.17, 15) is 24.0 Å². The molecule has 0 aliphatic carbocycles. The minimum Gasteiger partial charge on any atom is -0.495 e. The van der Waals surface area contributed by atoms with Crippen molar-refractivity contribution >= 4 is 35.3 Å². The molecule has 0 unspecified atom stereocenters. The summed E-state index contributed by atoms with van der Waals surface area (Å²) in [4.78, 5) is 60.8. The third kappa shape index (κ3) is 4.53. The monoisotopic (exact) mass is 388 g/mol. The lowest BCUT2D eigenvalue weighted by Crippen LogP contribution is -2.43. The molecule has 148 valence electrons. The van der Waals surface area contributed by atoms with Gasteiger partial charge >= 0.3 is 17.8 Å². The number of carbonyl (C=O) groups excluding carboxylic acids is 5. The van der Waals surface area contributed by atoms with Crippen LogP contribution in [0.1, 0.15) is 5.56 Å². The van der Waals surface area contributed by atoms with E-state index in [4.69, 9.17) is 4.74 Å². The van der Waals surface area contributed by atoms with Crippen LogP contribution in [0.4, 0.5) is 10.5 Å². The van der Waals surface area contributed by atoms with E-state index in [2.05, 4.69) is 17.2 Å². The summed E-state index contributed by atoms with van der Waals surface area (Å²) < 4.78 is 5.15. The number of methoxy groups -OCH3 is 1. The number of carbonyl (C=O) groups is 5. The summed E-state index contributed by atoms with van der Waals surface area (Å²) in [5.41, 5.74) is 1.34. The van der Waals surface area contributed by atoms with Crippen LogP contribution in [0.15, 0.2) is 30.9 Å². The molecule has 0 bridgehead atoms. The van der Waals surface area contributed by atoms with Crippen LogP contribution in [0.3, 0.4) is 0 Å². The standard InChI is InChI=1S/C18H20N4O6/c1-4-7-21-16(25)17(26)22(18(21)27)10-15(24)19-9-14(23)20-12-8-11(2)5-6-13(12)28-3/h4-6,8H,1,7,9-10H2,2-3H3,(H,19,24)(H,20,23). The van der Waals surface area contributed by atoms with Gasteiger partial charge in [-0.25, -0.2) is 9.69 Å². The number of rotatable bonds is 8. The maximum Gasteiger partial charge on any atom is 0.335 e. The van der Waals surface area contributed by atoms with Crippen LogP contribution in [-0.4, -0.2) is 66.2 Å². The molecule has 1 heterocycles. The van der Waals surface area contributed by atoms with Gasteiger partial charge in [0.05, 0.1) is 19.3 Å². The maximum atomic E-state index is 12.0. The number of ether oxygens (including phenoxy) is 1. The zero-order valence-electron chi connectivity index (χ0n) is 15.5. The van der Waals surface area contributed by atoms with Gasteiger partial charge in [0.25, 0.3) is 0 Å². The van der Waals surface area contributed by atoms with Gasteiger partial charge in [0.1, 0.15) is 12.3 Å². The number of urea groups is 1. The molecule has 28 heavy (non-hydrogen) atoms. The molecule has 0 atom stereocenters. The third-order valence-electron chi connectivity index (χ3n) is 3.82. The van der Waals surface area contributed by atoms with Gasteiger partial charge in [-0.1, -0.05) is 12.1 Å². The molecular formula is C18H20N4O6. The molecule has 1 fully saturated rings. The number of amides is 6. The number of nitrogens with zero attached hydrogens (tertiary/aromatic N) is 2. The number of hydrogen-bond acceptors (Lipinski definition) is 6. The van der Waals surface area contributed by atoms with Gasteiger partial charge in [-0.15, -0.1) is 6.58 Å². The Bertz CT molecular complexity index is 850. The summed E-state index contributed by atoms with van der Waals surface area (Å²) in [5.74, 6) is -2.96. The van der Waals surface area contributed by atoms with Crippen molar-refractivity contribution in [2.24, 2.45) is 0 Å². The first-order valence-electron chi connectivity index (χ1n) is 8.28. The Labute approximate surface area is 161 Å². The maximum absolute atomic E-state index is 12.0. The highest BCUT2D eigenvalue weighted by molar-refractivity contribution is 6.45. The van der Waals surface area contributed by atoms with E-state index in [-0.39, 0.29) is 6.54 Å². The highest BCUT2D eigenvalue weighted by Crippen LogP contribution is 2.24. The molecule has 0 spiro atoms. The zero-order valence-corrected chi connectivity index (χ0v) is 15.5. The van der Waals surface area contributed by atoms with Crippen molar-refractivity contribution < 1.29 is 28.7 Å². The minimum atomic E-state index is -1.10. The van der Waals surface area contributed by atoms with E-state index in [1.54, 1.807) is 12.1 Å². The summed E-state index contributed by atoms with van der Waals surface area (Å²) in [6.45, 7) is 4.04. The van der Waals surface area contributed by atoms with E-state index < -0.39 is 42.7 Å². The quantitative estimate of drug-likeness (QED) is 0.368. The molecule has 1 aromatic carbocycles. The second-order valence-corrected chi connectivity index (χ2v) is 5.91. The second-order valence-electron chi connectivity index (χ2n) is 5.91. The number of aryl methyl sites for hydroxylation is 1. The van der Waals surface area contributed by atoms with Crippen LogP contribution in [0.2, 0.25) is 0 Å². The summed E-state index contributed by atoms with van der Waals surface area (Å²) in [6.07, 6.45) is 1.29. The van der Waals surface area contributed by atoms with Gasteiger partial charge in [0.15, 0.2) is 0 Å². The van der Waals surface area contributed by atoms with Crippen LogP contribution in [-0.2, 0) is 19.2 Å². The Morgan fingerprint density at radius 2 is 1.82 bits per heavy atom. The third-order valence-corrected chi connectivity index (χ3v) is 3.82. The first kappa shape index (κ1) is 20.6. The lowest BCUT2D eigenvalue weighted by Gasteiger charge is -2.14. The van der Waals surface area contributed by atoms with E-state index >= 15 is 0 Å². The molecule has 10 heteroatoms. The highest BCUT2D eigenvalue weighted by Gasteiger charge is 2.44. The lowest BCUT2D eigenvalue weighted by atomic mass is 10.2. The van der Waals surface area contributed by atoms with Crippen molar-refractivity contribution in [3.63, 3.8) is 0 Å². The van der Waals surface area contributed by atoms with Crippen LogP contribution in [0, 0.1) is 6.92 Å². The molecule has 0 saturated carbocycles. The predicted molar refractivity (Wildman–Crippen MR) is 98.4 cm³/mol. The summed E-state index contributed by atoms with van der Waals surface area (Å²) >= 11 is 0. The number of hydrogen-bond donors (Lipinski definition) is 2. The Kier molecular flexibility index (Phi) is 6.48. The van der Waals surface area contributed by atoms with Gasteiger partial charge < -0.3 is 15.4 Å². The van der Waals surface area contributed by atoms with Gasteiger partial charge in [-0.2, -0.15) is 0 Å². The number of imide groups is 2. The van der Waals surface area contributed by atoms with E-state index in [1.165, 1.54) is 13.2 Å². The largest absolute Gasteiger partial charge is 0.495 e. The smallest absolute Gasteiger partial charge is 0.335 e. The molecule has 1 aliphatic rings. The Hall–Kier alpha value is -3.69. The molecule has 1 aromatic rings. The molecule has 2 N–H and O–H groups in total. The van der Waals surface area contributed by atoms with Crippen LogP contribution >= 0.6 is 0 Å². The van der Waals surface area contributed by atoms with Gasteiger partial charge in [-0.3, -0.25) is 24.1 Å². The number of benzene rings is 1. The van der Waals surface area contributed by atoms with Crippen LogP contribution < -0.4 is 15.4 Å². The Morgan fingerprint density at radius 1 is 1.14 bits per heavy atom. The number of nitrogens with one attached hydrogen (secondary N) is 2. The zero-order chi connectivity index (χ0) is 20.8. The average molecular weight is 388 g/mol. The normalized spacial score (nSPS) is 13.6. The molecule has 0 radical (unpaired) electrons. The topological polar surface area (TPSA) is 125 Å². The summed E-state index contributed by atoms with van der Waals surface area (Å²) in [7, 11) is 1.46. The van der Waals surface area contributed by atoms with Crippen molar-refractivity contribution in [1.29, 1.82) is 0 Å². The average Bonchev–Trinajstić information content (AvgIpc) is 2.85. The van der Waals surface area contributed by atoms with Crippen molar-refractivity contribution in [1.82, 2.24) is 15.1 Å². The number of anilines is 1. The van der Waals surface area contributed by atoms with Crippen LogP contribution in [0.5, 0.6) is 5.75 Å². The van der Waals surface area contributed by atoms with Crippen molar-refractivity contribution in [3.05, 3.63) is 36.4 Å². The molecule has 1 saturated heterocycles. The van der Waals surface area contributed by atoms with E-state index in [0.29, 0.717) is 21.2 Å². The fraction of sp³-hybridized carbons (Fsp3) is 0.278. The Balaban J connectivity index is 1.90. The minimum absolute atomic E-state index is 0.137. The SMILES string of the molecule is C=CCN1C(=O)C(=O)N(CC(=O)NCC(=O)Nc2cc(C)ccc2OC)C1=O. The Morgan fingerprint density at radius 3 is 2.46 bits per heavy atom. The first-order valence-corrected chi connectivity index (χ1v) is 8.28. The fourth-order valence-electron chi connectivity index (χ4n) is 2.47. The fourth-order valence-corrected chi connectivity index (χ4v) is 2.47. The van der Waals surface area contributed by atoms with Gasteiger partial charge in [0.2, 0.25) is 11.8 Å². The van der Waals surface area contributed by atoms with E-state index in [1.807, 2.05) is 13.0 Å². The molecule has 10 nitrogen and oxygen atoms in total. The second kappa shape index (κ2) is 8.80. The molecule has 0 aromatic heterocycles. The molecular weight excluding hydrogens is 368 g/mol.